The van der Waals surface area contributed by atoms with Crippen LogP contribution in [0.3, 0.4) is 0 Å². The molecule has 7 heteroatoms. The van der Waals surface area contributed by atoms with Crippen molar-refractivity contribution in [3.8, 4) is 0 Å². The molecule has 7 rings (SSSR count). The molecule has 0 bridgehead atoms. The van der Waals surface area contributed by atoms with Gasteiger partial charge in [0.25, 0.3) is 0 Å². The van der Waals surface area contributed by atoms with Crippen molar-refractivity contribution in [3.05, 3.63) is 140 Å². The maximum absolute atomic E-state index is 14.6. The molecule has 4 nitrogen and oxygen atoms in total. The second kappa shape index (κ2) is 9.23. The number of hydrogen-bond acceptors (Lipinski definition) is 4. The summed E-state index contributed by atoms with van der Waals surface area (Å²) in [6.07, 6.45) is 3.48. The first-order valence-corrected chi connectivity index (χ1v) is 14.0. The summed E-state index contributed by atoms with van der Waals surface area (Å²) in [5.41, 5.74) is 1.93. The first-order chi connectivity index (χ1) is 19.7. The zero-order valence-electron chi connectivity index (χ0n) is 21.8. The quantitative estimate of drug-likeness (QED) is 0.183. The molecule has 4 aromatic carbocycles. The van der Waals surface area contributed by atoms with Crippen LogP contribution in [0, 0.1) is 18.2 Å². The molecular weight excluding hydrogens is 560 g/mol. The number of fused-ring (bicyclic) bond motifs is 5. The lowest BCUT2D eigenvalue weighted by Gasteiger charge is -2.37. The fourth-order valence-electron chi connectivity index (χ4n) is 6.93. The van der Waals surface area contributed by atoms with Crippen molar-refractivity contribution in [3.63, 3.8) is 0 Å². The third-order valence-corrected chi connectivity index (χ3v) is 9.23. The van der Waals surface area contributed by atoms with Gasteiger partial charge >= 0.3 is 0 Å². The molecule has 1 aliphatic carbocycles. The van der Waals surface area contributed by atoms with Gasteiger partial charge in [-0.05, 0) is 42.8 Å². The lowest BCUT2D eigenvalue weighted by molar-refractivity contribution is 0.0666. The highest BCUT2D eigenvalue weighted by Gasteiger charge is 2.71. The molecule has 2 aliphatic heterocycles. The van der Waals surface area contributed by atoms with Crippen LogP contribution in [0.5, 0.6) is 0 Å². The molecule has 1 saturated heterocycles. The van der Waals surface area contributed by atoms with Crippen LogP contribution in [-0.2, 0) is 0 Å². The van der Waals surface area contributed by atoms with Gasteiger partial charge in [-0.2, -0.15) is 0 Å². The molecule has 4 aromatic rings. The number of anilines is 1. The van der Waals surface area contributed by atoms with Crippen molar-refractivity contribution in [1.82, 2.24) is 0 Å². The highest BCUT2D eigenvalue weighted by Crippen LogP contribution is 2.61. The topological polar surface area (TPSA) is 54.5 Å². The number of Topliss-reactive ketones (excluding diaryl/α,β-unsaturated/α-hetero) is 3. The van der Waals surface area contributed by atoms with E-state index >= 15 is 0 Å². The summed E-state index contributed by atoms with van der Waals surface area (Å²) in [5, 5.41) is 0.640. The lowest BCUT2D eigenvalue weighted by atomic mass is 9.64. The number of ketones is 3. The normalized spacial score (nSPS) is 21.7. The standard InChI is InChI=1S/C34H22Cl2FNO3/c1-18-6-8-19(9-7-18)31(39)30-29(25-13-11-21(35)17-26(25)36)34(32(40)23-4-2-3-5-24(23)33(34)41)28-15-10-20-16-22(37)12-14-27(20)38(28)30/h2-17,28-30H,1H3/t28-,29-,30+/m0/s1. The van der Waals surface area contributed by atoms with E-state index < -0.39 is 29.2 Å². The Balaban J connectivity index is 1.56. The first-order valence-electron chi connectivity index (χ1n) is 13.2. The fourth-order valence-corrected chi connectivity index (χ4v) is 7.46. The maximum Gasteiger partial charge on any atom is 0.185 e. The van der Waals surface area contributed by atoms with Gasteiger partial charge in [-0.1, -0.05) is 95.5 Å². The third kappa shape index (κ3) is 3.55. The number of halogens is 3. The van der Waals surface area contributed by atoms with E-state index in [1.807, 2.05) is 24.0 Å². The summed E-state index contributed by atoms with van der Waals surface area (Å²) in [6.45, 7) is 1.93. The Labute approximate surface area is 246 Å². The van der Waals surface area contributed by atoms with Crippen molar-refractivity contribution in [2.45, 2.75) is 24.9 Å². The van der Waals surface area contributed by atoms with Gasteiger partial charge in [0.2, 0.25) is 0 Å². The minimum atomic E-state index is -1.70. The maximum atomic E-state index is 14.6. The van der Waals surface area contributed by atoms with Crippen LogP contribution in [0.15, 0.2) is 91.0 Å². The monoisotopic (exact) mass is 581 g/mol. The van der Waals surface area contributed by atoms with Gasteiger partial charge in [0.1, 0.15) is 17.3 Å². The first kappa shape index (κ1) is 25.9. The van der Waals surface area contributed by atoms with E-state index in [1.54, 1.807) is 72.8 Å². The minimum absolute atomic E-state index is 0.253. The van der Waals surface area contributed by atoms with Gasteiger partial charge in [-0.15, -0.1) is 0 Å². The molecule has 2 heterocycles. The highest BCUT2D eigenvalue weighted by molar-refractivity contribution is 6.36. The molecule has 3 aliphatic rings. The zero-order chi connectivity index (χ0) is 28.6. The van der Waals surface area contributed by atoms with E-state index in [1.165, 1.54) is 12.1 Å². The van der Waals surface area contributed by atoms with Crippen molar-refractivity contribution in [1.29, 1.82) is 0 Å². The summed E-state index contributed by atoms with van der Waals surface area (Å²) in [5.74, 6) is -2.40. The van der Waals surface area contributed by atoms with Crippen molar-refractivity contribution < 1.29 is 18.8 Å². The van der Waals surface area contributed by atoms with E-state index in [9.17, 15) is 18.8 Å². The second-order valence-electron chi connectivity index (χ2n) is 10.8. The summed E-state index contributed by atoms with van der Waals surface area (Å²) in [7, 11) is 0. The van der Waals surface area contributed by atoms with Crippen molar-refractivity contribution in [2.24, 2.45) is 5.41 Å². The molecule has 0 saturated carbocycles. The molecule has 1 spiro atoms. The summed E-state index contributed by atoms with van der Waals surface area (Å²) < 4.78 is 14.4. The number of carbonyl (C=O) groups excluding carboxylic acids is 3. The predicted octanol–water partition coefficient (Wildman–Crippen LogP) is 7.76. The lowest BCUT2D eigenvalue weighted by Crippen LogP contribution is -2.48. The summed E-state index contributed by atoms with van der Waals surface area (Å²) >= 11 is 13.1. The van der Waals surface area contributed by atoms with E-state index in [-0.39, 0.29) is 22.4 Å². The van der Waals surface area contributed by atoms with E-state index in [4.69, 9.17) is 23.2 Å². The Morgan fingerprint density at radius 3 is 2.22 bits per heavy atom. The Hall–Kier alpha value is -4.06. The number of aryl methyl sites for hydroxylation is 1. The number of rotatable bonds is 3. The highest BCUT2D eigenvalue weighted by atomic mass is 35.5. The van der Waals surface area contributed by atoms with Crippen LogP contribution in [0.2, 0.25) is 10.0 Å². The number of carbonyl (C=O) groups is 3. The van der Waals surface area contributed by atoms with Gasteiger partial charge in [0.15, 0.2) is 17.3 Å². The molecule has 0 unspecified atom stereocenters. The zero-order valence-corrected chi connectivity index (χ0v) is 23.3. The Morgan fingerprint density at radius 2 is 1.56 bits per heavy atom. The van der Waals surface area contributed by atoms with Gasteiger partial charge in [0.05, 0.1) is 6.04 Å². The van der Waals surface area contributed by atoms with E-state index in [0.717, 1.165) is 5.56 Å². The summed E-state index contributed by atoms with van der Waals surface area (Å²) in [6, 6.07) is 21.3. The van der Waals surface area contributed by atoms with Crippen LogP contribution in [-0.4, -0.2) is 29.4 Å². The molecule has 0 radical (unpaired) electrons. The van der Waals surface area contributed by atoms with Crippen LogP contribution >= 0.6 is 23.2 Å². The van der Waals surface area contributed by atoms with Crippen LogP contribution in [0.25, 0.3) is 6.08 Å². The molecule has 3 atom stereocenters. The van der Waals surface area contributed by atoms with Gasteiger partial charge in [0, 0.05) is 43.9 Å². The largest absolute Gasteiger partial charge is 0.352 e. The van der Waals surface area contributed by atoms with Crippen LogP contribution in [0.4, 0.5) is 10.1 Å². The van der Waals surface area contributed by atoms with Crippen molar-refractivity contribution in [2.75, 3.05) is 4.90 Å². The Bertz CT molecular complexity index is 1800. The van der Waals surface area contributed by atoms with Gasteiger partial charge < -0.3 is 4.90 Å². The second-order valence-corrected chi connectivity index (χ2v) is 11.6. The third-order valence-electron chi connectivity index (χ3n) is 8.67. The number of benzene rings is 4. The molecular formula is C34H22Cl2FNO3. The Kier molecular flexibility index (Phi) is 5.83. The smallest absolute Gasteiger partial charge is 0.185 e. The molecule has 202 valence electrons. The molecule has 0 N–H and O–H groups in total. The van der Waals surface area contributed by atoms with Crippen LogP contribution in [0.1, 0.15) is 53.7 Å². The predicted molar refractivity (Wildman–Crippen MR) is 158 cm³/mol. The Morgan fingerprint density at radius 1 is 0.878 bits per heavy atom. The fraction of sp³-hybridized carbons (Fsp3) is 0.147. The van der Waals surface area contributed by atoms with Crippen LogP contribution < -0.4 is 4.90 Å². The van der Waals surface area contributed by atoms with Gasteiger partial charge in [-0.25, -0.2) is 4.39 Å². The molecule has 0 amide bonds. The minimum Gasteiger partial charge on any atom is -0.352 e. The average Bonchev–Trinajstić information content (AvgIpc) is 3.39. The van der Waals surface area contributed by atoms with Gasteiger partial charge in [-0.3, -0.25) is 14.4 Å². The van der Waals surface area contributed by atoms with E-state index in [2.05, 4.69) is 0 Å². The summed E-state index contributed by atoms with van der Waals surface area (Å²) in [4.78, 5) is 45.8. The molecule has 0 aromatic heterocycles. The number of hydrogen-bond donors (Lipinski definition) is 0. The number of nitrogens with zero attached hydrogens (tertiary/aromatic N) is 1. The molecule has 1 fully saturated rings. The average molecular weight is 582 g/mol. The van der Waals surface area contributed by atoms with Crippen molar-refractivity contribution >= 4 is 52.3 Å². The SMILES string of the molecule is Cc1ccc(C(=O)[C@H]2[C@H](c3ccc(Cl)cc3Cl)C3(C(=O)c4ccccc4C3=O)[C@@H]3C=Cc4cc(F)ccc4N32)cc1. The van der Waals surface area contributed by atoms with E-state index in [0.29, 0.717) is 38.5 Å². The molecule has 41 heavy (non-hydrogen) atoms.